The van der Waals surface area contributed by atoms with E-state index in [1.54, 1.807) is 17.9 Å². The normalized spacial score (nSPS) is 26.5. The summed E-state index contributed by atoms with van der Waals surface area (Å²) < 4.78 is 33.9. The van der Waals surface area contributed by atoms with Crippen LogP contribution in [0, 0.1) is 11.3 Å². The first kappa shape index (κ1) is 31.4. The topological polar surface area (TPSA) is 104 Å². The molecule has 236 valence electrons. The minimum Gasteiger partial charge on any atom is -0.481 e. The highest BCUT2D eigenvalue weighted by Gasteiger charge is 2.44. The van der Waals surface area contributed by atoms with E-state index in [0.717, 1.165) is 11.3 Å². The second-order valence-corrected chi connectivity index (χ2v) is 15.0. The number of carboxylic acid groups (broad SMARTS) is 1. The van der Waals surface area contributed by atoms with E-state index < -0.39 is 22.8 Å². The van der Waals surface area contributed by atoms with Crippen LogP contribution in [-0.4, -0.2) is 68.8 Å². The Kier molecular flexibility index (Phi) is 7.91. The number of hydrogen-bond acceptors (Lipinski definition) is 5. The van der Waals surface area contributed by atoms with E-state index in [1.165, 1.54) is 0 Å². The first-order valence-electron chi connectivity index (χ1n) is 15.6. The molecule has 0 spiro atoms. The molecule has 0 bridgehead atoms. The van der Waals surface area contributed by atoms with Crippen molar-refractivity contribution in [1.82, 2.24) is 14.8 Å². The van der Waals surface area contributed by atoms with Crippen molar-refractivity contribution < 1.29 is 32.7 Å². The fourth-order valence-corrected chi connectivity index (χ4v) is 7.08. The predicted octanol–water partition coefficient (Wildman–Crippen LogP) is 6.76. The predicted molar refractivity (Wildman–Crippen MR) is 158 cm³/mol. The number of carbonyl (C=O) groups excluding carboxylic acids is 2. The number of amides is 2. The fourth-order valence-electron chi connectivity index (χ4n) is 7.08. The van der Waals surface area contributed by atoms with Crippen molar-refractivity contribution in [1.29, 1.82) is 0 Å². The molecule has 43 heavy (non-hydrogen) atoms. The molecular formula is C33H45F2N3O5. The molecule has 3 heterocycles. The van der Waals surface area contributed by atoms with Crippen molar-refractivity contribution in [2.45, 2.75) is 116 Å². The van der Waals surface area contributed by atoms with Crippen LogP contribution in [-0.2, 0) is 15.0 Å². The molecule has 10 heteroatoms. The standard InChI is InChI=1S/C33H45F2N3O5/c1-30(2,3)22-17-23(20-9-13-33(34,35)14-10-20)36-24-18-25(43-26(22)24)28(40)38-16-15-37(19-31(38,4)5)27(39)21-7-11-32(6,12-8-21)29(41)42/h17-18,20-21H,7-16,19H2,1-6H3,(H,41,42)/t21-,32+. The summed E-state index contributed by atoms with van der Waals surface area (Å²) in [7, 11) is 0. The van der Waals surface area contributed by atoms with Crippen molar-refractivity contribution in [3.8, 4) is 0 Å². The summed E-state index contributed by atoms with van der Waals surface area (Å²) in [5.41, 5.74) is 1.00. The van der Waals surface area contributed by atoms with Crippen molar-refractivity contribution in [3.63, 3.8) is 0 Å². The molecule has 1 aliphatic heterocycles. The number of carbonyl (C=O) groups is 3. The Balaban J connectivity index is 1.34. The maximum Gasteiger partial charge on any atom is 0.309 e. The molecule has 2 saturated carbocycles. The van der Waals surface area contributed by atoms with Crippen molar-refractivity contribution in [3.05, 3.63) is 29.2 Å². The summed E-state index contributed by atoms with van der Waals surface area (Å²) in [5.74, 6) is -3.77. The molecule has 1 saturated heterocycles. The van der Waals surface area contributed by atoms with Gasteiger partial charge in [0.2, 0.25) is 11.8 Å². The zero-order chi connectivity index (χ0) is 31.5. The van der Waals surface area contributed by atoms with Crippen molar-refractivity contribution in [2.24, 2.45) is 11.3 Å². The highest BCUT2D eigenvalue weighted by Crippen LogP contribution is 2.43. The van der Waals surface area contributed by atoms with Gasteiger partial charge < -0.3 is 19.3 Å². The van der Waals surface area contributed by atoms with Gasteiger partial charge in [0.1, 0.15) is 5.52 Å². The lowest BCUT2D eigenvalue weighted by molar-refractivity contribution is -0.153. The number of fused-ring (bicyclic) bond motifs is 1. The van der Waals surface area contributed by atoms with Crippen LogP contribution in [0.25, 0.3) is 11.1 Å². The number of alkyl halides is 2. The average molecular weight is 602 g/mol. The Morgan fingerprint density at radius 1 is 0.977 bits per heavy atom. The molecule has 2 amide bonds. The highest BCUT2D eigenvalue weighted by atomic mass is 19.3. The maximum atomic E-state index is 13.9. The van der Waals surface area contributed by atoms with E-state index in [2.05, 4.69) is 20.8 Å². The highest BCUT2D eigenvalue weighted by molar-refractivity contribution is 5.96. The second-order valence-electron chi connectivity index (χ2n) is 15.0. The number of piperazine rings is 1. The number of furan rings is 1. The Morgan fingerprint density at radius 3 is 2.16 bits per heavy atom. The maximum absolute atomic E-state index is 13.9. The van der Waals surface area contributed by atoms with Gasteiger partial charge in [-0.3, -0.25) is 14.4 Å². The number of carboxylic acids is 1. The minimum absolute atomic E-state index is 0.0309. The number of rotatable bonds is 4. The van der Waals surface area contributed by atoms with E-state index >= 15 is 0 Å². The molecule has 0 unspecified atom stereocenters. The molecular weight excluding hydrogens is 556 g/mol. The third-order valence-corrected chi connectivity index (χ3v) is 10.1. The lowest BCUT2D eigenvalue weighted by Gasteiger charge is -2.48. The van der Waals surface area contributed by atoms with E-state index in [9.17, 15) is 28.3 Å². The van der Waals surface area contributed by atoms with Crippen LogP contribution in [0.5, 0.6) is 0 Å². The first-order chi connectivity index (χ1) is 19.9. The fraction of sp³-hybridized carbons (Fsp3) is 0.697. The lowest BCUT2D eigenvalue weighted by atomic mass is 9.71. The summed E-state index contributed by atoms with van der Waals surface area (Å²) >= 11 is 0. The van der Waals surface area contributed by atoms with Gasteiger partial charge in [-0.2, -0.15) is 0 Å². The molecule has 3 fully saturated rings. The van der Waals surface area contributed by atoms with Gasteiger partial charge in [-0.05, 0) is 70.8 Å². The van der Waals surface area contributed by atoms with Gasteiger partial charge in [0, 0.05) is 61.6 Å². The number of halogens is 2. The van der Waals surface area contributed by atoms with Crippen LogP contribution in [0.15, 0.2) is 16.5 Å². The first-order valence-corrected chi connectivity index (χ1v) is 15.6. The molecule has 2 aliphatic carbocycles. The van der Waals surface area contributed by atoms with Gasteiger partial charge in [-0.25, -0.2) is 13.8 Å². The molecule has 0 radical (unpaired) electrons. The van der Waals surface area contributed by atoms with E-state index in [-0.39, 0.29) is 47.7 Å². The molecule has 0 aromatic carbocycles. The van der Waals surface area contributed by atoms with Crippen LogP contribution in [0.3, 0.4) is 0 Å². The van der Waals surface area contributed by atoms with E-state index in [0.29, 0.717) is 69.3 Å². The van der Waals surface area contributed by atoms with Crippen LogP contribution in [0.4, 0.5) is 8.78 Å². The molecule has 0 atom stereocenters. The van der Waals surface area contributed by atoms with Gasteiger partial charge in [-0.1, -0.05) is 20.8 Å². The van der Waals surface area contributed by atoms with Crippen molar-refractivity contribution >= 4 is 28.9 Å². The second kappa shape index (κ2) is 10.8. The Morgan fingerprint density at radius 2 is 1.60 bits per heavy atom. The summed E-state index contributed by atoms with van der Waals surface area (Å²) in [6, 6.07) is 3.63. The van der Waals surface area contributed by atoms with Gasteiger partial charge in [-0.15, -0.1) is 0 Å². The average Bonchev–Trinajstić information content (AvgIpc) is 3.35. The summed E-state index contributed by atoms with van der Waals surface area (Å²) in [6.45, 7) is 12.9. The molecule has 3 aliphatic rings. The van der Waals surface area contributed by atoms with Crippen LogP contribution in [0.1, 0.15) is 121 Å². The van der Waals surface area contributed by atoms with Gasteiger partial charge in [0.15, 0.2) is 11.3 Å². The molecule has 5 rings (SSSR count). The Hall–Kier alpha value is -3.04. The zero-order valence-electron chi connectivity index (χ0n) is 26.3. The Bertz CT molecular complexity index is 1410. The van der Waals surface area contributed by atoms with Crippen LogP contribution < -0.4 is 0 Å². The van der Waals surface area contributed by atoms with E-state index in [4.69, 9.17) is 9.40 Å². The van der Waals surface area contributed by atoms with Crippen LogP contribution >= 0.6 is 0 Å². The summed E-state index contributed by atoms with van der Waals surface area (Å²) in [5, 5.41) is 9.54. The van der Waals surface area contributed by atoms with Gasteiger partial charge in [0.05, 0.1) is 11.0 Å². The molecule has 1 N–H and O–H groups in total. The summed E-state index contributed by atoms with van der Waals surface area (Å²) in [4.78, 5) is 47.3. The minimum atomic E-state index is -2.62. The third kappa shape index (κ3) is 6.16. The number of aliphatic carboxylic acids is 1. The molecule has 2 aromatic rings. The number of pyridine rings is 1. The molecule has 2 aromatic heterocycles. The van der Waals surface area contributed by atoms with Crippen LogP contribution in [0.2, 0.25) is 0 Å². The quantitative estimate of drug-likeness (QED) is 0.415. The smallest absolute Gasteiger partial charge is 0.309 e. The van der Waals surface area contributed by atoms with Crippen molar-refractivity contribution in [2.75, 3.05) is 19.6 Å². The zero-order valence-corrected chi connectivity index (χ0v) is 26.3. The largest absolute Gasteiger partial charge is 0.481 e. The number of hydrogen-bond donors (Lipinski definition) is 1. The molecule has 8 nitrogen and oxygen atoms in total. The SMILES string of the molecule is CC(C)(C)c1cc(C2CCC(F)(F)CC2)nc2cc(C(=O)N3CCN(C(=O)[C@H]4CC[C@@](C)(C(=O)O)CC4)CC3(C)C)oc12. The monoisotopic (exact) mass is 601 g/mol. The lowest BCUT2D eigenvalue weighted by Crippen LogP contribution is -2.62. The third-order valence-electron chi connectivity index (χ3n) is 10.1. The van der Waals surface area contributed by atoms with E-state index in [1.807, 2.05) is 24.8 Å². The number of aromatic nitrogens is 1. The van der Waals surface area contributed by atoms with Gasteiger partial charge >= 0.3 is 5.97 Å². The Labute approximate surface area is 252 Å². The summed E-state index contributed by atoms with van der Waals surface area (Å²) in [6.07, 6.45) is 2.50. The number of nitrogens with zero attached hydrogens (tertiary/aromatic N) is 3. The van der Waals surface area contributed by atoms with Gasteiger partial charge in [0.25, 0.3) is 5.91 Å².